The Morgan fingerprint density at radius 2 is 1.63 bits per heavy atom. The van der Waals surface area contributed by atoms with Crippen molar-refractivity contribution in [3.05, 3.63) is 71.8 Å². The monoisotopic (exact) mass is 411 g/mol. The molecule has 0 amide bonds. The second-order valence-corrected chi connectivity index (χ2v) is 7.31. The molecule has 2 aromatic carbocycles. The second-order valence-electron chi connectivity index (χ2n) is 7.31. The Balaban J connectivity index is 1.65. The van der Waals surface area contributed by atoms with Crippen LogP contribution in [0.4, 0.5) is 0 Å². The van der Waals surface area contributed by atoms with E-state index in [1.165, 1.54) is 0 Å². The van der Waals surface area contributed by atoms with Gasteiger partial charge in [-0.3, -0.25) is 9.69 Å². The van der Waals surface area contributed by atoms with Crippen LogP contribution in [0.1, 0.15) is 35.2 Å². The van der Waals surface area contributed by atoms with Gasteiger partial charge in [-0.2, -0.15) is 0 Å². The Kier molecular flexibility index (Phi) is 8.41. The van der Waals surface area contributed by atoms with E-state index in [1.54, 1.807) is 24.3 Å². The van der Waals surface area contributed by atoms with Crippen molar-refractivity contribution >= 4 is 11.9 Å². The zero-order valence-electron chi connectivity index (χ0n) is 17.4. The highest BCUT2D eigenvalue weighted by atomic mass is 16.6. The molecule has 30 heavy (non-hydrogen) atoms. The van der Waals surface area contributed by atoms with Crippen LogP contribution in [0.25, 0.3) is 0 Å². The van der Waals surface area contributed by atoms with E-state index in [0.29, 0.717) is 31.7 Å². The van der Waals surface area contributed by atoms with Gasteiger partial charge in [0.1, 0.15) is 12.7 Å². The van der Waals surface area contributed by atoms with E-state index in [2.05, 4.69) is 4.90 Å². The van der Waals surface area contributed by atoms with Gasteiger partial charge in [0.05, 0.1) is 24.7 Å². The summed E-state index contributed by atoms with van der Waals surface area (Å²) in [5.41, 5.74) is 1.40. The molecule has 1 aliphatic heterocycles. The normalized spacial score (nSPS) is 16.4. The minimum atomic E-state index is -0.541. The van der Waals surface area contributed by atoms with Crippen molar-refractivity contribution in [3.8, 4) is 0 Å². The third-order valence-electron chi connectivity index (χ3n) is 5.15. The molecule has 1 saturated heterocycles. The van der Waals surface area contributed by atoms with Gasteiger partial charge in [-0.1, -0.05) is 55.5 Å². The van der Waals surface area contributed by atoms with Gasteiger partial charge < -0.3 is 14.2 Å². The predicted octanol–water partition coefficient (Wildman–Crippen LogP) is 3.28. The third-order valence-corrected chi connectivity index (χ3v) is 5.15. The van der Waals surface area contributed by atoms with E-state index in [4.69, 9.17) is 14.2 Å². The van der Waals surface area contributed by atoms with Gasteiger partial charge in [0.15, 0.2) is 0 Å². The summed E-state index contributed by atoms with van der Waals surface area (Å²) in [6, 6.07) is 18.4. The summed E-state index contributed by atoms with van der Waals surface area (Å²) in [7, 11) is 0. The van der Waals surface area contributed by atoms with Crippen molar-refractivity contribution in [1.82, 2.24) is 4.90 Å². The molecule has 0 radical (unpaired) electrons. The van der Waals surface area contributed by atoms with Crippen LogP contribution in [0.2, 0.25) is 0 Å². The summed E-state index contributed by atoms with van der Waals surface area (Å²) < 4.78 is 16.7. The largest absolute Gasteiger partial charge is 0.458 e. The van der Waals surface area contributed by atoms with Crippen molar-refractivity contribution in [2.75, 3.05) is 39.5 Å². The lowest BCUT2D eigenvalue weighted by Gasteiger charge is -2.30. The lowest BCUT2D eigenvalue weighted by molar-refractivity contribution is -0.155. The summed E-state index contributed by atoms with van der Waals surface area (Å²) in [6.45, 7) is 5.29. The van der Waals surface area contributed by atoms with Gasteiger partial charge in [-0.25, -0.2) is 4.79 Å². The van der Waals surface area contributed by atoms with Crippen LogP contribution in [0.5, 0.6) is 0 Å². The first-order chi connectivity index (χ1) is 14.7. The standard InChI is InChI=1S/C24H29NO5/c1-2-22(19-9-5-3-6-10-19)24(27)30-21(17-25-13-15-28-16-14-25)18-29-23(26)20-11-7-4-8-12-20/h3-12,21-22H,2,13-18H2,1H3. The minimum Gasteiger partial charge on any atom is -0.458 e. The van der Waals surface area contributed by atoms with Crippen molar-refractivity contribution in [2.45, 2.75) is 25.4 Å². The molecule has 2 unspecified atom stereocenters. The lowest BCUT2D eigenvalue weighted by Crippen LogP contribution is -2.44. The molecular formula is C24H29NO5. The maximum absolute atomic E-state index is 12.9. The number of esters is 2. The van der Waals surface area contributed by atoms with Gasteiger partial charge in [-0.05, 0) is 24.1 Å². The molecule has 0 spiro atoms. The molecule has 2 atom stereocenters. The number of hydrogen-bond acceptors (Lipinski definition) is 6. The molecule has 160 valence electrons. The summed E-state index contributed by atoms with van der Waals surface area (Å²) >= 11 is 0. The number of rotatable bonds is 9. The molecule has 0 bridgehead atoms. The van der Waals surface area contributed by atoms with Gasteiger partial charge in [0, 0.05) is 19.6 Å². The number of carbonyl (C=O) groups is 2. The van der Waals surface area contributed by atoms with Crippen molar-refractivity contribution in [1.29, 1.82) is 0 Å². The molecular weight excluding hydrogens is 382 g/mol. The fraction of sp³-hybridized carbons (Fsp3) is 0.417. The first-order valence-electron chi connectivity index (χ1n) is 10.4. The van der Waals surface area contributed by atoms with Crippen LogP contribution < -0.4 is 0 Å². The molecule has 0 N–H and O–H groups in total. The molecule has 1 heterocycles. The van der Waals surface area contributed by atoms with Crippen LogP contribution in [-0.2, 0) is 19.0 Å². The number of carbonyl (C=O) groups excluding carboxylic acids is 2. The van der Waals surface area contributed by atoms with Crippen molar-refractivity contribution < 1.29 is 23.8 Å². The Labute approximate surface area is 177 Å². The summed E-state index contributed by atoms with van der Waals surface area (Å²) in [6.07, 6.45) is 0.0951. The van der Waals surface area contributed by atoms with E-state index in [9.17, 15) is 9.59 Å². The van der Waals surface area contributed by atoms with Crippen LogP contribution >= 0.6 is 0 Å². The highest BCUT2D eigenvalue weighted by Gasteiger charge is 2.27. The fourth-order valence-electron chi connectivity index (χ4n) is 3.49. The minimum absolute atomic E-state index is 0.0159. The topological polar surface area (TPSA) is 65.1 Å². The quantitative estimate of drug-likeness (QED) is 0.590. The summed E-state index contributed by atoms with van der Waals surface area (Å²) in [5, 5.41) is 0. The number of benzene rings is 2. The first-order valence-corrected chi connectivity index (χ1v) is 10.4. The Morgan fingerprint density at radius 3 is 2.27 bits per heavy atom. The van der Waals surface area contributed by atoms with Gasteiger partial charge >= 0.3 is 11.9 Å². The van der Waals surface area contributed by atoms with Crippen LogP contribution in [0.3, 0.4) is 0 Å². The van der Waals surface area contributed by atoms with Crippen LogP contribution in [0, 0.1) is 0 Å². The number of morpholine rings is 1. The van der Waals surface area contributed by atoms with Gasteiger partial charge in [-0.15, -0.1) is 0 Å². The molecule has 2 aromatic rings. The maximum Gasteiger partial charge on any atom is 0.338 e. The lowest BCUT2D eigenvalue weighted by atomic mass is 9.97. The maximum atomic E-state index is 12.9. The van der Waals surface area contributed by atoms with Gasteiger partial charge in [0.2, 0.25) is 0 Å². The number of hydrogen-bond donors (Lipinski definition) is 0. The Hall–Kier alpha value is -2.70. The van der Waals surface area contributed by atoms with Gasteiger partial charge in [0.25, 0.3) is 0 Å². The molecule has 3 rings (SSSR count). The highest BCUT2D eigenvalue weighted by Crippen LogP contribution is 2.22. The van der Waals surface area contributed by atoms with Crippen molar-refractivity contribution in [3.63, 3.8) is 0 Å². The predicted molar refractivity (Wildman–Crippen MR) is 113 cm³/mol. The van der Waals surface area contributed by atoms with Crippen molar-refractivity contribution in [2.24, 2.45) is 0 Å². The zero-order chi connectivity index (χ0) is 21.2. The zero-order valence-corrected chi connectivity index (χ0v) is 17.4. The smallest absolute Gasteiger partial charge is 0.338 e. The van der Waals surface area contributed by atoms with Crippen LogP contribution in [-0.4, -0.2) is 62.4 Å². The Morgan fingerprint density at radius 1 is 1.00 bits per heavy atom. The SMILES string of the molecule is CCC(C(=O)OC(COC(=O)c1ccccc1)CN1CCOCC1)c1ccccc1. The molecule has 1 aliphatic rings. The molecule has 1 fully saturated rings. The number of nitrogens with zero attached hydrogens (tertiary/aromatic N) is 1. The highest BCUT2D eigenvalue weighted by molar-refractivity contribution is 5.89. The average molecular weight is 411 g/mol. The Bertz CT molecular complexity index is 790. The van der Waals surface area contributed by atoms with E-state index in [1.807, 2.05) is 43.3 Å². The second kappa shape index (κ2) is 11.5. The van der Waals surface area contributed by atoms with E-state index < -0.39 is 12.1 Å². The average Bonchev–Trinajstić information content (AvgIpc) is 2.80. The molecule has 6 heteroatoms. The third kappa shape index (κ3) is 6.40. The fourth-order valence-corrected chi connectivity index (χ4v) is 3.49. The van der Waals surface area contributed by atoms with Crippen LogP contribution in [0.15, 0.2) is 60.7 Å². The summed E-state index contributed by atoms with van der Waals surface area (Å²) in [5.74, 6) is -1.06. The summed E-state index contributed by atoms with van der Waals surface area (Å²) in [4.78, 5) is 27.4. The molecule has 6 nitrogen and oxygen atoms in total. The molecule has 0 aliphatic carbocycles. The van der Waals surface area contributed by atoms with E-state index >= 15 is 0 Å². The number of ether oxygens (including phenoxy) is 3. The first kappa shape index (κ1) is 22.0. The van der Waals surface area contributed by atoms with E-state index in [0.717, 1.165) is 18.7 Å². The molecule has 0 saturated carbocycles. The van der Waals surface area contributed by atoms with E-state index in [-0.39, 0.29) is 18.5 Å². The molecule has 0 aromatic heterocycles.